The fraction of sp³-hybridized carbons (Fsp3) is 0. The Hall–Kier alpha value is -8.76. The molecule has 1 aliphatic rings. The average Bonchev–Trinajstić information content (AvgIpc) is 3.72. The van der Waals surface area contributed by atoms with Crippen LogP contribution >= 0.6 is 11.3 Å². The smallest absolute Gasteiger partial charge is 0.135 e. The summed E-state index contributed by atoms with van der Waals surface area (Å²) in [7, 11) is 0. The molecule has 0 N–H and O–H groups in total. The fourth-order valence-electron chi connectivity index (χ4n) is 10.9. The molecular formula is C66H41NOS. The molecule has 0 amide bonds. The minimum atomic E-state index is 0.831. The van der Waals surface area contributed by atoms with Crippen LogP contribution in [-0.4, -0.2) is 0 Å². The molecule has 0 atom stereocenters. The molecule has 14 rings (SSSR count). The van der Waals surface area contributed by atoms with Crippen molar-refractivity contribution >= 4 is 102 Å². The van der Waals surface area contributed by atoms with Crippen LogP contribution < -0.4 is 9.64 Å². The van der Waals surface area contributed by atoms with E-state index in [1.807, 2.05) is 17.4 Å². The van der Waals surface area contributed by atoms with E-state index in [1.165, 1.54) is 85.2 Å². The summed E-state index contributed by atoms with van der Waals surface area (Å²) in [6, 6.07) is 91.1. The molecule has 322 valence electrons. The van der Waals surface area contributed by atoms with Gasteiger partial charge in [0.1, 0.15) is 11.5 Å². The second kappa shape index (κ2) is 16.0. The van der Waals surface area contributed by atoms with Crippen LogP contribution in [0.15, 0.2) is 249 Å². The van der Waals surface area contributed by atoms with Crippen molar-refractivity contribution in [3.63, 3.8) is 0 Å². The van der Waals surface area contributed by atoms with Crippen LogP contribution in [0.5, 0.6) is 11.5 Å². The van der Waals surface area contributed by atoms with Gasteiger partial charge in [-0.05, 0) is 143 Å². The highest BCUT2D eigenvalue weighted by Gasteiger charge is 2.23. The molecule has 13 aromatic rings. The minimum absolute atomic E-state index is 0.831. The lowest BCUT2D eigenvalue weighted by Crippen LogP contribution is -2.10. The number of para-hydroxylation sites is 1. The van der Waals surface area contributed by atoms with E-state index in [1.54, 1.807) is 0 Å². The maximum absolute atomic E-state index is 6.78. The number of hydrogen-bond acceptors (Lipinski definition) is 3. The minimum Gasteiger partial charge on any atom is -0.456 e. The summed E-state index contributed by atoms with van der Waals surface area (Å²) < 4.78 is 9.35. The third-order valence-corrected chi connectivity index (χ3v) is 15.2. The van der Waals surface area contributed by atoms with E-state index in [4.69, 9.17) is 4.74 Å². The molecule has 0 spiro atoms. The molecule has 0 fully saturated rings. The van der Waals surface area contributed by atoms with Gasteiger partial charge >= 0.3 is 0 Å². The number of thiophene rings is 1. The summed E-state index contributed by atoms with van der Waals surface area (Å²) in [5, 5.41) is 14.6. The van der Waals surface area contributed by atoms with Crippen molar-refractivity contribution in [2.45, 2.75) is 0 Å². The molecule has 12 aromatic carbocycles. The molecule has 0 saturated heterocycles. The second-order valence-corrected chi connectivity index (χ2v) is 19.0. The third-order valence-electron chi connectivity index (χ3n) is 14.1. The highest BCUT2D eigenvalue weighted by Crippen LogP contribution is 2.50. The quantitative estimate of drug-likeness (QED) is 0.175. The Bertz CT molecular complexity index is 4280. The zero-order valence-electron chi connectivity index (χ0n) is 37.4. The van der Waals surface area contributed by atoms with Gasteiger partial charge in [0.2, 0.25) is 0 Å². The normalized spacial score (nSPS) is 11.9. The van der Waals surface area contributed by atoms with Gasteiger partial charge in [0.25, 0.3) is 0 Å². The van der Waals surface area contributed by atoms with Crippen LogP contribution in [0.4, 0.5) is 17.1 Å². The van der Waals surface area contributed by atoms with Gasteiger partial charge < -0.3 is 9.64 Å². The molecule has 1 aromatic heterocycles. The SMILES string of the molecule is c1ccc(-c2ccc(N(c3ccc4c(c3)-c3ccccc3-c3ccccc3O4)c3ccc4c5ccccc5c5ccccc5c5ccccc5c5cc6c(cc5c4c3)sc3ccccc36)cc2)cc1. The van der Waals surface area contributed by atoms with Gasteiger partial charge in [-0.2, -0.15) is 0 Å². The van der Waals surface area contributed by atoms with Crippen molar-refractivity contribution in [2.75, 3.05) is 4.90 Å². The van der Waals surface area contributed by atoms with Gasteiger partial charge in [0, 0.05) is 48.4 Å². The van der Waals surface area contributed by atoms with E-state index in [0.29, 0.717) is 0 Å². The standard InChI is InChI=1S/C66H41NOS/c1-2-16-42(17-3-1)43-30-32-44(33-31-43)67(46-35-37-64-61(39-46)54-25-11-9-23-52(54)56-26-12-14-28-63(56)68-64)45-34-36-55-51-22-7-6-20-49(51)47-18-4-5-19-48(47)50-21-8-10-24-53(50)59-40-62-57-27-13-15-29-65(57)69-66(62)41-60(59)58(55)38-45/h1-41H. The van der Waals surface area contributed by atoms with E-state index < -0.39 is 0 Å². The monoisotopic (exact) mass is 895 g/mol. The number of fused-ring (bicyclic) bond motifs is 18. The Morgan fingerprint density at radius 1 is 0.246 bits per heavy atom. The summed E-state index contributed by atoms with van der Waals surface area (Å²) in [4.78, 5) is 2.42. The maximum Gasteiger partial charge on any atom is 0.135 e. The fourth-order valence-corrected chi connectivity index (χ4v) is 12.0. The van der Waals surface area contributed by atoms with Gasteiger partial charge in [-0.3, -0.25) is 0 Å². The van der Waals surface area contributed by atoms with Gasteiger partial charge in [0.15, 0.2) is 0 Å². The summed E-state index contributed by atoms with van der Waals surface area (Å²) in [5.74, 6) is 1.69. The summed E-state index contributed by atoms with van der Waals surface area (Å²) in [5.41, 5.74) is 9.93. The first-order valence-corrected chi connectivity index (χ1v) is 24.4. The van der Waals surface area contributed by atoms with Crippen LogP contribution in [0.2, 0.25) is 0 Å². The molecule has 2 heterocycles. The number of ether oxygens (including phenoxy) is 1. The Balaban J connectivity index is 1.11. The number of anilines is 3. The first-order valence-electron chi connectivity index (χ1n) is 23.6. The van der Waals surface area contributed by atoms with Crippen LogP contribution in [0.3, 0.4) is 0 Å². The van der Waals surface area contributed by atoms with E-state index >= 15 is 0 Å². The average molecular weight is 896 g/mol. The number of rotatable bonds is 4. The molecule has 0 bridgehead atoms. The molecule has 69 heavy (non-hydrogen) atoms. The molecule has 3 heteroatoms. The van der Waals surface area contributed by atoms with Gasteiger partial charge in [-0.15, -0.1) is 11.3 Å². The van der Waals surface area contributed by atoms with E-state index in [0.717, 1.165) is 50.8 Å². The van der Waals surface area contributed by atoms with Crippen LogP contribution in [0, 0.1) is 0 Å². The van der Waals surface area contributed by atoms with Gasteiger partial charge in [-0.25, -0.2) is 0 Å². The lowest BCUT2D eigenvalue weighted by atomic mass is 9.93. The highest BCUT2D eigenvalue weighted by atomic mass is 32.1. The highest BCUT2D eigenvalue weighted by molar-refractivity contribution is 7.25. The Labute approximate surface area is 403 Å². The lowest BCUT2D eigenvalue weighted by molar-refractivity contribution is 0.488. The zero-order chi connectivity index (χ0) is 45.4. The van der Waals surface area contributed by atoms with Gasteiger partial charge in [-0.1, -0.05) is 182 Å². The zero-order valence-corrected chi connectivity index (χ0v) is 38.3. The van der Waals surface area contributed by atoms with Crippen molar-refractivity contribution in [3.05, 3.63) is 249 Å². The Kier molecular flexibility index (Phi) is 9.11. The maximum atomic E-state index is 6.78. The second-order valence-electron chi connectivity index (χ2n) is 17.9. The molecule has 2 nitrogen and oxygen atoms in total. The number of hydrogen-bond donors (Lipinski definition) is 0. The third kappa shape index (κ3) is 6.47. The predicted molar refractivity (Wildman–Crippen MR) is 296 cm³/mol. The topological polar surface area (TPSA) is 12.5 Å². The molecule has 0 saturated carbocycles. The molecular weight excluding hydrogens is 855 g/mol. The summed E-state index contributed by atoms with van der Waals surface area (Å²) in [6.45, 7) is 0. The van der Waals surface area contributed by atoms with Crippen molar-refractivity contribution in [1.82, 2.24) is 0 Å². The largest absolute Gasteiger partial charge is 0.456 e. The van der Waals surface area contributed by atoms with Crippen molar-refractivity contribution in [1.29, 1.82) is 0 Å². The van der Waals surface area contributed by atoms with Crippen LogP contribution in [0.25, 0.3) is 107 Å². The van der Waals surface area contributed by atoms with E-state index in [9.17, 15) is 0 Å². The number of benzene rings is 11. The lowest BCUT2D eigenvalue weighted by Gasteiger charge is -2.27. The first-order chi connectivity index (χ1) is 34.2. The van der Waals surface area contributed by atoms with E-state index in [-0.39, 0.29) is 0 Å². The van der Waals surface area contributed by atoms with Gasteiger partial charge in [0.05, 0.1) is 0 Å². The van der Waals surface area contributed by atoms with Crippen molar-refractivity contribution in [3.8, 4) is 44.9 Å². The predicted octanol–water partition coefficient (Wildman–Crippen LogP) is 19.5. The summed E-state index contributed by atoms with van der Waals surface area (Å²) >= 11 is 1.87. The molecule has 0 aliphatic carbocycles. The van der Waals surface area contributed by atoms with Crippen molar-refractivity contribution in [2.24, 2.45) is 0 Å². The molecule has 1 aliphatic heterocycles. The van der Waals surface area contributed by atoms with Crippen LogP contribution in [-0.2, 0) is 0 Å². The number of nitrogens with zero attached hydrogens (tertiary/aromatic N) is 1. The first kappa shape index (κ1) is 39.4. The molecule has 0 unspecified atom stereocenters. The van der Waals surface area contributed by atoms with E-state index in [2.05, 4.69) is 248 Å². The van der Waals surface area contributed by atoms with Crippen molar-refractivity contribution < 1.29 is 4.74 Å². The Morgan fingerprint density at radius 2 is 0.696 bits per heavy atom. The Morgan fingerprint density at radius 3 is 1.38 bits per heavy atom. The summed E-state index contributed by atoms with van der Waals surface area (Å²) in [6.07, 6.45) is 0. The molecule has 0 radical (unpaired) electrons. The van der Waals surface area contributed by atoms with Crippen LogP contribution in [0.1, 0.15) is 0 Å².